The van der Waals surface area contributed by atoms with Gasteiger partial charge in [-0.25, -0.2) is 0 Å². The first-order valence-corrected chi connectivity index (χ1v) is 8.10. The van der Waals surface area contributed by atoms with Crippen molar-refractivity contribution >= 4 is 17.3 Å². The Labute approximate surface area is 148 Å². The summed E-state index contributed by atoms with van der Waals surface area (Å²) in [5, 5.41) is 17.1. The van der Waals surface area contributed by atoms with Crippen LogP contribution in [-0.4, -0.2) is 63.2 Å². The van der Waals surface area contributed by atoms with Gasteiger partial charge in [-0.15, -0.1) is 0 Å². The van der Waals surface area contributed by atoms with Crippen molar-refractivity contribution in [3.8, 4) is 0 Å². The number of nitro groups is 1. The molecule has 0 aromatic heterocycles. The van der Waals surface area contributed by atoms with Crippen LogP contribution in [0.3, 0.4) is 0 Å². The normalized spacial score (nSPS) is 11.4. The van der Waals surface area contributed by atoms with Crippen LogP contribution in [0, 0.1) is 15.5 Å². The number of nitrogens with zero attached hydrogens (tertiary/aromatic N) is 2. The molecule has 1 rings (SSSR count). The van der Waals surface area contributed by atoms with Gasteiger partial charge in [-0.1, -0.05) is 13.8 Å². The fourth-order valence-electron chi connectivity index (χ4n) is 2.59. The molecule has 0 aliphatic rings. The molecule has 0 fully saturated rings. The van der Waals surface area contributed by atoms with Crippen molar-refractivity contribution in [3.05, 3.63) is 33.9 Å². The number of ether oxygens (including phenoxy) is 1. The quantitative estimate of drug-likeness (QED) is 0.380. The van der Waals surface area contributed by atoms with E-state index in [2.05, 4.69) is 29.4 Å². The summed E-state index contributed by atoms with van der Waals surface area (Å²) in [6, 6.07) is 4.42. The number of hydrogen-bond donors (Lipinski definition) is 2. The molecule has 0 heterocycles. The SMILES string of the molecule is COCCNc1ccc(C(=O)NCC(C)(C)CN(C)C)cc1[N+](=O)[O-]. The summed E-state index contributed by atoms with van der Waals surface area (Å²) in [7, 11) is 5.51. The van der Waals surface area contributed by atoms with Crippen LogP contribution >= 0.6 is 0 Å². The number of benzene rings is 1. The molecule has 1 aromatic rings. The van der Waals surface area contributed by atoms with E-state index in [1.807, 2.05) is 14.1 Å². The summed E-state index contributed by atoms with van der Waals surface area (Å²) < 4.78 is 4.92. The minimum absolute atomic E-state index is 0.104. The van der Waals surface area contributed by atoms with Crippen LogP contribution in [0.5, 0.6) is 0 Å². The minimum Gasteiger partial charge on any atom is -0.383 e. The molecule has 0 radical (unpaired) electrons. The minimum atomic E-state index is -0.498. The van der Waals surface area contributed by atoms with Crippen molar-refractivity contribution in [2.24, 2.45) is 5.41 Å². The molecule has 25 heavy (non-hydrogen) atoms. The maximum absolute atomic E-state index is 12.3. The first-order valence-electron chi connectivity index (χ1n) is 8.10. The number of nitro benzene ring substituents is 1. The van der Waals surface area contributed by atoms with Crippen LogP contribution in [0.25, 0.3) is 0 Å². The first kappa shape index (κ1) is 20.9. The zero-order valence-corrected chi connectivity index (χ0v) is 15.6. The number of carbonyl (C=O) groups is 1. The number of amides is 1. The molecule has 1 amide bonds. The average Bonchev–Trinajstić information content (AvgIpc) is 2.51. The average molecular weight is 352 g/mol. The van der Waals surface area contributed by atoms with E-state index in [1.165, 1.54) is 6.07 Å². The summed E-state index contributed by atoms with van der Waals surface area (Å²) in [5.41, 5.74) is 0.403. The Morgan fingerprint density at radius 2 is 2.04 bits per heavy atom. The lowest BCUT2D eigenvalue weighted by Gasteiger charge is -2.28. The molecule has 1 aromatic carbocycles. The summed E-state index contributed by atoms with van der Waals surface area (Å²) in [6.07, 6.45) is 0. The molecule has 0 aliphatic carbocycles. The largest absolute Gasteiger partial charge is 0.383 e. The molecule has 0 spiro atoms. The molecule has 0 aliphatic heterocycles. The second kappa shape index (κ2) is 9.33. The van der Waals surface area contributed by atoms with Crippen LogP contribution in [-0.2, 0) is 4.74 Å². The van der Waals surface area contributed by atoms with Gasteiger partial charge in [0.05, 0.1) is 11.5 Å². The maximum Gasteiger partial charge on any atom is 0.293 e. The van der Waals surface area contributed by atoms with Gasteiger partial charge in [0.1, 0.15) is 5.69 Å². The van der Waals surface area contributed by atoms with Crippen molar-refractivity contribution in [2.75, 3.05) is 52.8 Å². The summed E-state index contributed by atoms with van der Waals surface area (Å²) >= 11 is 0. The predicted molar refractivity (Wildman–Crippen MR) is 98.1 cm³/mol. The second-order valence-corrected chi connectivity index (χ2v) is 6.99. The fourth-order valence-corrected chi connectivity index (χ4v) is 2.59. The number of methoxy groups -OCH3 is 1. The fraction of sp³-hybridized carbons (Fsp3) is 0.588. The molecule has 2 N–H and O–H groups in total. The van der Waals surface area contributed by atoms with Crippen LogP contribution in [0.1, 0.15) is 24.2 Å². The van der Waals surface area contributed by atoms with Gasteiger partial charge in [-0.2, -0.15) is 0 Å². The van der Waals surface area contributed by atoms with Gasteiger partial charge < -0.3 is 20.3 Å². The number of nitrogens with one attached hydrogen (secondary N) is 2. The van der Waals surface area contributed by atoms with E-state index in [-0.39, 0.29) is 22.6 Å². The van der Waals surface area contributed by atoms with Crippen molar-refractivity contribution in [3.63, 3.8) is 0 Å². The Bertz CT molecular complexity index is 602. The number of rotatable bonds is 10. The molecule has 140 valence electrons. The predicted octanol–water partition coefficient (Wildman–Crippen LogP) is 1.97. The molecule has 8 nitrogen and oxygen atoms in total. The second-order valence-electron chi connectivity index (χ2n) is 6.99. The van der Waals surface area contributed by atoms with Gasteiger partial charge >= 0.3 is 0 Å². The van der Waals surface area contributed by atoms with Gasteiger partial charge in [0.15, 0.2) is 0 Å². The van der Waals surface area contributed by atoms with Crippen molar-refractivity contribution < 1.29 is 14.5 Å². The van der Waals surface area contributed by atoms with Crippen LogP contribution in [0.2, 0.25) is 0 Å². The number of carbonyl (C=O) groups excluding carboxylic acids is 1. The molecule has 0 bridgehead atoms. The van der Waals surface area contributed by atoms with Crippen molar-refractivity contribution in [1.29, 1.82) is 0 Å². The lowest BCUT2D eigenvalue weighted by molar-refractivity contribution is -0.384. The number of anilines is 1. The third-order valence-electron chi connectivity index (χ3n) is 3.55. The molecular weight excluding hydrogens is 324 g/mol. The van der Waals surface area contributed by atoms with Gasteiger partial charge in [0, 0.05) is 38.4 Å². The Kier molecular flexibility index (Phi) is 7.79. The van der Waals surface area contributed by atoms with E-state index >= 15 is 0 Å². The summed E-state index contributed by atoms with van der Waals surface area (Å²) in [6.45, 7) is 6.28. The maximum atomic E-state index is 12.3. The Balaban J connectivity index is 2.82. The standard InChI is InChI=1S/C17H28N4O4/c1-17(2,12-20(3)4)11-19-16(22)13-6-7-14(18-8-9-25-5)15(10-13)21(23)24/h6-7,10,18H,8-9,11-12H2,1-5H3,(H,19,22). The van der Waals surface area contributed by atoms with Gasteiger partial charge in [0.2, 0.25) is 0 Å². The van der Waals surface area contributed by atoms with E-state index in [0.717, 1.165) is 6.54 Å². The monoisotopic (exact) mass is 352 g/mol. The molecular formula is C17H28N4O4. The lowest BCUT2D eigenvalue weighted by Crippen LogP contribution is -2.40. The van der Waals surface area contributed by atoms with Crippen LogP contribution < -0.4 is 10.6 Å². The Morgan fingerprint density at radius 1 is 1.36 bits per heavy atom. The van der Waals surface area contributed by atoms with Crippen molar-refractivity contribution in [2.45, 2.75) is 13.8 Å². The van der Waals surface area contributed by atoms with Crippen molar-refractivity contribution in [1.82, 2.24) is 10.2 Å². The first-order chi connectivity index (χ1) is 11.7. The van der Waals surface area contributed by atoms with Gasteiger partial charge in [-0.05, 0) is 31.6 Å². The van der Waals surface area contributed by atoms with Gasteiger partial charge in [-0.3, -0.25) is 14.9 Å². The van der Waals surface area contributed by atoms with Crippen LogP contribution in [0.4, 0.5) is 11.4 Å². The zero-order valence-electron chi connectivity index (χ0n) is 15.6. The highest BCUT2D eigenvalue weighted by Gasteiger charge is 2.22. The van der Waals surface area contributed by atoms with E-state index in [4.69, 9.17) is 4.74 Å². The Hall–Kier alpha value is -2.19. The van der Waals surface area contributed by atoms with E-state index in [9.17, 15) is 14.9 Å². The molecule has 0 saturated heterocycles. The van der Waals surface area contributed by atoms with E-state index in [0.29, 0.717) is 25.4 Å². The highest BCUT2D eigenvalue weighted by Crippen LogP contribution is 2.25. The Morgan fingerprint density at radius 3 is 2.60 bits per heavy atom. The van der Waals surface area contributed by atoms with E-state index in [1.54, 1.807) is 19.2 Å². The highest BCUT2D eigenvalue weighted by atomic mass is 16.6. The highest BCUT2D eigenvalue weighted by molar-refractivity contribution is 5.95. The molecule has 8 heteroatoms. The smallest absolute Gasteiger partial charge is 0.293 e. The number of hydrogen-bond acceptors (Lipinski definition) is 6. The lowest BCUT2D eigenvalue weighted by atomic mass is 9.93. The van der Waals surface area contributed by atoms with E-state index < -0.39 is 4.92 Å². The summed E-state index contributed by atoms with van der Waals surface area (Å²) in [5.74, 6) is -0.321. The molecule has 0 saturated carbocycles. The summed E-state index contributed by atoms with van der Waals surface area (Å²) in [4.78, 5) is 25.2. The van der Waals surface area contributed by atoms with Gasteiger partial charge in [0.25, 0.3) is 11.6 Å². The molecule has 0 atom stereocenters. The molecule has 0 unspecified atom stereocenters. The van der Waals surface area contributed by atoms with Crippen LogP contribution in [0.15, 0.2) is 18.2 Å². The third-order valence-corrected chi connectivity index (χ3v) is 3.55. The topological polar surface area (TPSA) is 96.7 Å². The third kappa shape index (κ3) is 7.06. The zero-order chi connectivity index (χ0) is 19.0.